The van der Waals surface area contributed by atoms with Crippen LogP contribution in [0.3, 0.4) is 0 Å². The smallest absolute Gasteiger partial charge is 0.417 e. The lowest BCUT2D eigenvalue weighted by atomic mass is 9.91. The summed E-state index contributed by atoms with van der Waals surface area (Å²) in [6.07, 6.45) is -0.0398. The number of hydrogen-bond donors (Lipinski definition) is 0. The van der Waals surface area contributed by atoms with Gasteiger partial charge in [0.25, 0.3) is 0 Å². The van der Waals surface area contributed by atoms with Gasteiger partial charge in [-0.2, -0.15) is 0 Å². The summed E-state index contributed by atoms with van der Waals surface area (Å²) in [5.41, 5.74) is 0.329. The van der Waals surface area contributed by atoms with E-state index in [4.69, 9.17) is 14.2 Å². The first-order valence-electron chi connectivity index (χ1n) is 7.42. The summed E-state index contributed by atoms with van der Waals surface area (Å²) in [5, 5.41) is 0. The van der Waals surface area contributed by atoms with Crippen molar-refractivity contribution in [2.24, 2.45) is 0 Å². The zero-order valence-corrected chi connectivity index (χ0v) is 14.2. The van der Waals surface area contributed by atoms with Gasteiger partial charge in [-0.05, 0) is 39.3 Å². The van der Waals surface area contributed by atoms with Gasteiger partial charge < -0.3 is 14.2 Å². The van der Waals surface area contributed by atoms with E-state index in [2.05, 4.69) is 0 Å². The zero-order chi connectivity index (χ0) is 16.5. The fourth-order valence-electron chi connectivity index (χ4n) is 2.79. The zero-order valence-electron chi connectivity index (χ0n) is 14.2. The summed E-state index contributed by atoms with van der Waals surface area (Å²) < 4.78 is 16.9. The molecule has 0 N–H and O–H groups in total. The average Bonchev–Trinajstić information content (AvgIpc) is 2.44. The largest absolute Gasteiger partial charge is 0.443 e. The van der Waals surface area contributed by atoms with Crippen LogP contribution in [0.1, 0.15) is 33.3 Å². The summed E-state index contributed by atoms with van der Waals surface area (Å²) >= 11 is 0. The summed E-state index contributed by atoms with van der Waals surface area (Å²) in [6, 6.07) is 7.75. The number of fused-ring (bicyclic) bond motifs is 1. The second kappa shape index (κ2) is 5.89. The molecule has 0 bridgehead atoms. The number of hydrogen-bond acceptors (Lipinski definition) is 4. The molecule has 0 radical (unpaired) electrons. The van der Waals surface area contributed by atoms with E-state index in [1.165, 1.54) is 0 Å². The summed E-state index contributed by atoms with van der Waals surface area (Å²) in [7, 11) is 3.21. The standard InChI is InChI=1S/C17H25NO4/c1-16(2,3)22-15(19)18-13-10-8-7-9-12(13)11-14(20-5)17(18,4)21-6/h7-10,14H,11H2,1-6H3. The molecule has 1 aliphatic rings. The number of para-hydroxylation sites is 1. The summed E-state index contributed by atoms with van der Waals surface area (Å²) in [5.74, 6) is 0. The maximum absolute atomic E-state index is 12.8. The predicted octanol–water partition coefficient (Wildman–Crippen LogP) is 3.36. The Morgan fingerprint density at radius 3 is 2.45 bits per heavy atom. The molecule has 0 spiro atoms. The fourth-order valence-corrected chi connectivity index (χ4v) is 2.79. The molecule has 122 valence electrons. The molecule has 1 aromatic rings. The molecule has 1 aromatic carbocycles. The molecule has 1 amide bonds. The number of amides is 1. The topological polar surface area (TPSA) is 48.0 Å². The van der Waals surface area contributed by atoms with Crippen LogP contribution in [-0.4, -0.2) is 37.7 Å². The van der Waals surface area contributed by atoms with E-state index in [1.54, 1.807) is 19.1 Å². The van der Waals surface area contributed by atoms with Gasteiger partial charge in [0.15, 0.2) is 5.72 Å². The van der Waals surface area contributed by atoms with Gasteiger partial charge in [-0.25, -0.2) is 9.69 Å². The minimum absolute atomic E-state index is 0.278. The van der Waals surface area contributed by atoms with Gasteiger partial charge in [0.05, 0.1) is 5.69 Å². The summed E-state index contributed by atoms with van der Waals surface area (Å²) in [6.45, 7) is 7.39. The number of benzene rings is 1. The molecule has 5 heteroatoms. The quantitative estimate of drug-likeness (QED) is 0.840. The molecule has 2 rings (SSSR count). The van der Waals surface area contributed by atoms with Gasteiger partial charge in [-0.15, -0.1) is 0 Å². The van der Waals surface area contributed by atoms with E-state index in [1.807, 2.05) is 52.0 Å². The number of carbonyl (C=O) groups excluding carboxylic acids is 1. The van der Waals surface area contributed by atoms with Crippen molar-refractivity contribution in [2.75, 3.05) is 19.1 Å². The van der Waals surface area contributed by atoms with Crippen molar-refractivity contribution >= 4 is 11.8 Å². The molecule has 2 atom stereocenters. The SMILES string of the molecule is COC1Cc2ccccc2N(C(=O)OC(C)(C)C)C1(C)OC. The third-order valence-corrected chi connectivity index (χ3v) is 3.95. The first kappa shape index (κ1) is 16.8. The third-order valence-electron chi connectivity index (χ3n) is 3.95. The highest BCUT2D eigenvalue weighted by Gasteiger charge is 2.49. The van der Waals surface area contributed by atoms with Gasteiger partial charge in [0.1, 0.15) is 11.7 Å². The molecular formula is C17H25NO4. The van der Waals surface area contributed by atoms with Crippen LogP contribution < -0.4 is 4.90 Å². The normalized spacial score (nSPS) is 24.8. The Balaban J connectivity index is 2.51. The molecular weight excluding hydrogens is 282 g/mol. The highest BCUT2D eigenvalue weighted by molar-refractivity contribution is 5.91. The Hall–Kier alpha value is -1.59. The van der Waals surface area contributed by atoms with E-state index in [0.29, 0.717) is 6.42 Å². The van der Waals surface area contributed by atoms with Gasteiger partial charge in [-0.1, -0.05) is 18.2 Å². The minimum Gasteiger partial charge on any atom is -0.443 e. The van der Waals surface area contributed by atoms with Crippen LogP contribution in [0.25, 0.3) is 0 Å². The van der Waals surface area contributed by atoms with Crippen molar-refractivity contribution in [1.82, 2.24) is 0 Å². The molecule has 22 heavy (non-hydrogen) atoms. The van der Waals surface area contributed by atoms with E-state index in [-0.39, 0.29) is 6.10 Å². The van der Waals surface area contributed by atoms with Crippen LogP contribution in [-0.2, 0) is 20.6 Å². The van der Waals surface area contributed by atoms with E-state index < -0.39 is 17.4 Å². The Bertz CT molecular complexity index is 552. The van der Waals surface area contributed by atoms with E-state index in [9.17, 15) is 4.79 Å². The Morgan fingerprint density at radius 2 is 1.91 bits per heavy atom. The molecule has 0 aliphatic carbocycles. The van der Waals surface area contributed by atoms with Crippen molar-refractivity contribution in [1.29, 1.82) is 0 Å². The number of anilines is 1. The second-order valence-electron chi connectivity index (χ2n) is 6.63. The Morgan fingerprint density at radius 1 is 1.27 bits per heavy atom. The van der Waals surface area contributed by atoms with Crippen LogP contribution in [0.15, 0.2) is 24.3 Å². The van der Waals surface area contributed by atoms with Crippen molar-refractivity contribution in [3.63, 3.8) is 0 Å². The van der Waals surface area contributed by atoms with Gasteiger partial charge in [-0.3, -0.25) is 0 Å². The first-order chi connectivity index (χ1) is 10.2. The number of rotatable bonds is 2. The molecule has 0 saturated heterocycles. The summed E-state index contributed by atoms with van der Waals surface area (Å²) in [4.78, 5) is 14.3. The van der Waals surface area contributed by atoms with E-state index in [0.717, 1.165) is 11.3 Å². The van der Waals surface area contributed by atoms with Crippen LogP contribution in [0, 0.1) is 0 Å². The lowest BCUT2D eigenvalue weighted by Crippen LogP contribution is -2.63. The first-order valence-corrected chi connectivity index (χ1v) is 7.42. The van der Waals surface area contributed by atoms with Crippen LogP contribution >= 0.6 is 0 Å². The van der Waals surface area contributed by atoms with Crippen molar-refractivity contribution in [3.05, 3.63) is 29.8 Å². The number of nitrogens with zero attached hydrogens (tertiary/aromatic N) is 1. The van der Waals surface area contributed by atoms with Gasteiger partial charge in [0, 0.05) is 20.6 Å². The molecule has 2 unspecified atom stereocenters. The molecule has 1 heterocycles. The third kappa shape index (κ3) is 2.96. The Kier molecular flexibility index (Phi) is 4.49. The van der Waals surface area contributed by atoms with Crippen molar-refractivity contribution < 1.29 is 19.0 Å². The molecule has 1 aliphatic heterocycles. The van der Waals surface area contributed by atoms with Gasteiger partial charge in [0.2, 0.25) is 0 Å². The average molecular weight is 307 g/mol. The highest BCUT2D eigenvalue weighted by Crippen LogP contribution is 2.39. The van der Waals surface area contributed by atoms with Crippen LogP contribution in [0.5, 0.6) is 0 Å². The number of carbonyl (C=O) groups is 1. The van der Waals surface area contributed by atoms with Gasteiger partial charge >= 0.3 is 6.09 Å². The molecule has 0 saturated carbocycles. The lowest BCUT2D eigenvalue weighted by Gasteiger charge is -2.48. The monoisotopic (exact) mass is 307 g/mol. The number of ether oxygens (including phenoxy) is 3. The van der Waals surface area contributed by atoms with E-state index >= 15 is 0 Å². The van der Waals surface area contributed by atoms with Crippen LogP contribution in [0.2, 0.25) is 0 Å². The molecule has 5 nitrogen and oxygen atoms in total. The highest BCUT2D eigenvalue weighted by atomic mass is 16.6. The maximum atomic E-state index is 12.8. The number of methoxy groups -OCH3 is 2. The molecule has 0 aromatic heterocycles. The van der Waals surface area contributed by atoms with Crippen LogP contribution in [0.4, 0.5) is 10.5 Å². The lowest BCUT2D eigenvalue weighted by molar-refractivity contribution is -0.110. The predicted molar refractivity (Wildman–Crippen MR) is 85.1 cm³/mol. The second-order valence-corrected chi connectivity index (χ2v) is 6.63. The van der Waals surface area contributed by atoms with Crippen molar-refractivity contribution in [3.8, 4) is 0 Å². The fraction of sp³-hybridized carbons (Fsp3) is 0.588. The minimum atomic E-state index is -0.925. The maximum Gasteiger partial charge on any atom is 0.417 e. The molecule has 0 fully saturated rings. The van der Waals surface area contributed by atoms with Crippen molar-refractivity contribution in [2.45, 2.75) is 51.5 Å². The Labute approximate surface area is 132 Å².